The Hall–Kier alpha value is -1.62. The van der Waals surface area contributed by atoms with Gasteiger partial charge in [0.1, 0.15) is 0 Å². The van der Waals surface area contributed by atoms with E-state index in [1.54, 1.807) is 0 Å². The molecule has 4 nitrogen and oxygen atoms in total. The molecule has 0 radical (unpaired) electrons. The highest BCUT2D eigenvalue weighted by Gasteiger charge is 2.24. The van der Waals surface area contributed by atoms with Gasteiger partial charge in [-0.15, -0.1) is 0 Å². The average Bonchev–Trinajstić information content (AvgIpc) is 2.78. The summed E-state index contributed by atoms with van der Waals surface area (Å²) < 4.78 is 2.82. The monoisotopic (exact) mass is 320 g/mol. The molecule has 1 N–H and O–H groups in total. The number of fused-ring (bicyclic) bond motifs is 1. The van der Waals surface area contributed by atoms with Crippen LogP contribution in [0.1, 0.15) is 29.2 Å². The fourth-order valence-corrected chi connectivity index (χ4v) is 2.97. The summed E-state index contributed by atoms with van der Waals surface area (Å²) in [5, 5.41) is 9.26. The van der Waals surface area contributed by atoms with Crippen molar-refractivity contribution in [2.24, 2.45) is 0 Å². The first kappa shape index (κ1) is 12.4. The molecule has 1 aliphatic heterocycles. The largest absolute Gasteiger partial charge is 0.475 e. The van der Waals surface area contributed by atoms with Crippen molar-refractivity contribution in [2.45, 2.75) is 25.8 Å². The Morgan fingerprint density at radius 3 is 2.95 bits per heavy atom. The fraction of sp³-hybridized carbons (Fsp3) is 0.286. The number of carboxylic acids is 1. The minimum atomic E-state index is -0.954. The topological polar surface area (TPSA) is 55.1 Å². The van der Waals surface area contributed by atoms with Crippen LogP contribution in [0.5, 0.6) is 0 Å². The van der Waals surface area contributed by atoms with Crippen LogP contribution in [-0.2, 0) is 13.0 Å². The van der Waals surface area contributed by atoms with Crippen LogP contribution in [0.15, 0.2) is 28.7 Å². The molecule has 0 bridgehead atoms. The van der Waals surface area contributed by atoms with Gasteiger partial charge in [-0.05, 0) is 31.4 Å². The second-order valence-electron chi connectivity index (χ2n) is 4.65. The van der Waals surface area contributed by atoms with Crippen molar-refractivity contribution in [1.82, 2.24) is 9.55 Å². The van der Waals surface area contributed by atoms with Crippen LogP contribution in [0.3, 0.4) is 0 Å². The summed E-state index contributed by atoms with van der Waals surface area (Å²) in [5.74, 6) is -0.797. The normalized spacial score (nSPS) is 14.2. The molecule has 0 spiro atoms. The van der Waals surface area contributed by atoms with Crippen molar-refractivity contribution in [1.29, 1.82) is 0 Å². The smallest absolute Gasteiger partial charge is 0.372 e. The molecule has 3 rings (SSSR count). The minimum Gasteiger partial charge on any atom is -0.475 e. The van der Waals surface area contributed by atoms with Gasteiger partial charge in [0.25, 0.3) is 0 Å². The van der Waals surface area contributed by atoms with E-state index in [0.29, 0.717) is 0 Å². The van der Waals surface area contributed by atoms with E-state index in [0.717, 1.165) is 47.2 Å². The van der Waals surface area contributed by atoms with Gasteiger partial charge in [-0.1, -0.05) is 28.1 Å². The Balaban J connectivity index is 2.19. The van der Waals surface area contributed by atoms with Gasteiger partial charge in [0.2, 0.25) is 5.82 Å². The summed E-state index contributed by atoms with van der Waals surface area (Å²) in [6.45, 7) is 0.748. The van der Waals surface area contributed by atoms with Gasteiger partial charge in [0, 0.05) is 22.3 Å². The van der Waals surface area contributed by atoms with Crippen LogP contribution in [-0.4, -0.2) is 20.6 Å². The van der Waals surface area contributed by atoms with Crippen LogP contribution in [0.2, 0.25) is 0 Å². The number of benzene rings is 1. The molecule has 98 valence electrons. The first-order valence-corrected chi connectivity index (χ1v) is 7.05. The van der Waals surface area contributed by atoms with Gasteiger partial charge in [-0.25, -0.2) is 9.78 Å². The Labute approximate surface area is 119 Å². The maximum Gasteiger partial charge on any atom is 0.372 e. The molecule has 19 heavy (non-hydrogen) atoms. The predicted molar refractivity (Wildman–Crippen MR) is 75.3 cm³/mol. The zero-order chi connectivity index (χ0) is 13.4. The van der Waals surface area contributed by atoms with Crippen molar-refractivity contribution in [3.63, 3.8) is 0 Å². The second kappa shape index (κ2) is 4.81. The van der Waals surface area contributed by atoms with E-state index in [-0.39, 0.29) is 5.82 Å². The van der Waals surface area contributed by atoms with Crippen molar-refractivity contribution in [3.8, 4) is 11.3 Å². The Morgan fingerprint density at radius 2 is 2.21 bits per heavy atom. The summed E-state index contributed by atoms with van der Waals surface area (Å²) in [7, 11) is 0. The molecule has 1 aromatic heterocycles. The van der Waals surface area contributed by atoms with Gasteiger partial charge in [0.05, 0.1) is 5.69 Å². The number of nitrogens with zero attached hydrogens (tertiary/aromatic N) is 2. The fourth-order valence-electron chi connectivity index (χ4n) is 2.57. The molecule has 0 unspecified atom stereocenters. The predicted octanol–water partition coefficient (Wildman–Crippen LogP) is 3.35. The SMILES string of the molecule is O=C(O)c1nc(-c2cccc(Br)c2)c2n1CCCC2. The summed E-state index contributed by atoms with van der Waals surface area (Å²) in [6.07, 6.45) is 3.00. The molecule has 0 amide bonds. The van der Waals surface area contributed by atoms with E-state index in [2.05, 4.69) is 20.9 Å². The highest BCUT2D eigenvalue weighted by Crippen LogP contribution is 2.30. The molecule has 1 aliphatic rings. The average molecular weight is 321 g/mol. The standard InChI is InChI=1S/C14H13BrN2O2/c15-10-5-3-4-9(8-10)12-11-6-1-2-7-17(11)13(16-12)14(18)19/h3-5,8H,1-2,6-7H2,(H,18,19). The molecule has 0 fully saturated rings. The Kier molecular flexibility index (Phi) is 3.14. The van der Waals surface area contributed by atoms with E-state index in [1.165, 1.54) is 0 Å². The van der Waals surface area contributed by atoms with Gasteiger partial charge >= 0.3 is 5.97 Å². The molecule has 1 aromatic carbocycles. The summed E-state index contributed by atoms with van der Waals surface area (Å²) in [6, 6.07) is 7.83. The van der Waals surface area contributed by atoms with Gasteiger partial charge < -0.3 is 9.67 Å². The first-order valence-electron chi connectivity index (χ1n) is 6.25. The number of hydrogen-bond donors (Lipinski definition) is 1. The lowest BCUT2D eigenvalue weighted by molar-refractivity contribution is 0.0677. The molecule has 0 saturated heterocycles. The van der Waals surface area contributed by atoms with Gasteiger partial charge in [-0.2, -0.15) is 0 Å². The van der Waals surface area contributed by atoms with Crippen molar-refractivity contribution < 1.29 is 9.90 Å². The molecule has 0 aliphatic carbocycles. The third-order valence-corrected chi connectivity index (χ3v) is 3.90. The number of carboxylic acid groups (broad SMARTS) is 1. The van der Waals surface area contributed by atoms with E-state index >= 15 is 0 Å². The third-order valence-electron chi connectivity index (χ3n) is 3.41. The van der Waals surface area contributed by atoms with Crippen molar-refractivity contribution >= 4 is 21.9 Å². The summed E-state index contributed by atoms with van der Waals surface area (Å²) in [4.78, 5) is 15.6. The van der Waals surface area contributed by atoms with Gasteiger partial charge in [0.15, 0.2) is 0 Å². The van der Waals surface area contributed by atoms with Crippen LogP contribution < -0.4 is 0 Å². The number of aromatic carboxylic acids is 1. The van der Waals surface area contributed by atoms with E-state index < -0.39 is 5.97 Å². The number of halogens is 1. The Morgan fingerprint density at radius 1 is 1.37 bits per heavy atom. The molecule has 5 heteroatoms. The van der Waals surface area contributed by atoms with E-state index in [9.17, 15) is 9.90 Å². The number of imidazole rings is 1. The first-order chi connectivity index (χ1) is 9.16. The maximum absolute atomic E-state index is 11.3. The van der Waals surface area contributed by atoms with Crippen LogP contribution in [0.4, 0.5) is 0 Å². The highest BCUT2D eigenvalue weighted by molar-refractivity contribution is 9.10. The number of hydrogen-bond acceptors (Lipinski definition) is 2. The molecule has 0 atom stereocenters. The third kappa shape index (κ3) is 2.18. The quantitative estimate of drug-likeness (QED) is 0.923. The van der Waals surface area contributed by atoms with Gasteiger partial charge in [-0.3, -0.25) is 0 Å². The molecular weight excluding hydrogens is 308 g/mol. The van der Waals surface area contributed by atoms with Crippen molar-refractivity contribution in [3.05, 3.63) is 40.3 Å². The van der Waals surface area contributed by atoms with E-state index in [4.69, 9.17) is 0 Å². The maximum atomic E-state index is 11.3. The van der Waals surface area contributed by atoms with Crippen molar-refractivity contribution in [2.75, 3.05) is 0 Å². The lowest BCUT2D eigenvalue weighted by Crippen LogP contribution is -2.16. The number of carbonyl (C=O) groups is 1. The Bertz CT molecular complexity index is 649. The highest BCUT2D eigenvalue weighted by atomic mass is 79.9. The minimum absolute atomic E-state index is 0.157. The molecule has 0 saturated carbocycles. The lowest BCUT2D eigenvalue weighted by Gasteiger charge is -2.16. The molecular formula is C14H13BrN2O2. The number of rotatable bonds is 2. The van der Waals surface area contributed by atoms with Crippen LogP contribution in [0.25, 0.3) is 11.3 Å². The zero-order valence-electron chi connectivity index (χ0n) is 10.3. The van der Waals surface area contributed by atoms with Crippen LogP contribution >= 0.6 is 15.9 Å². The van der Waals surface area contributed by atoms with Crippen LogP contribution in [0, 0.1) is 0 Å². The summed E-state index contributed by atoms with van der Waals surface area (Å²) >= 11 is 3.44. The van der Waals surface area contributed by atoms with E-state index in [1.807, 2.05) is 28.8 Å². The molecule has 2 aromatic rings. The second-order valence-corrected chi connectivity index (χ2v) is 5.57. The summed E-state index contributed by atoms with van der Waals surface area (Å²) in [5.41, 5.74) is 2.81. The lowest BCUT2D eigenvalue weighted by atomic mass is 10.0. The molecule has 2 heterocycles. The number of aromatic nitrogens is 2. The zero-order valence-corrected chi connectivity index (χ0v) is 11.9.